The fourth-order valence-corrected chi connectivity index (χ4v) is 2.75. The number of halogens is 1. The van der Waals surface area contributed by atoms with E-state index in [0.29, 0.717) is 5.92 Å². The quantitative estimate of drug-likeness (QED) is 0.842. The Morgan fingerprint density at radius 3 is 2.65 bits per heavy atom. The van der Waals surface area contributed by atoms with Crippen molar-refractivity contribution < 1.29 is 0 Å². The van der Waals surface area contributed by atoms with Crippen LogP contribution in [-0.4, -0.2) is 23.1 Å². The molecule has 0 amide bonds. The van der Waals surface area contributed by atoms with Crippen molar-refractivity contribution in [3.05, 3.63) is 52.5 Å². The van der Waals surface area contributed by atoms with Crippen molar-refractivity contribution in [2.45, 2.75) is 19.3 Å². The molecular weight excluding hydrogens is 314 g/mol. The fourth-order valence-electron chi connectivity index (χ4n) is 2.49. The largest absolute Gasteiger partial charge is 0.338 e. The van der Waals surface area contributed by atoms with Crippen LogP contribution in [0, 0.1) is 5.92 Å². The molecule has 0 aliphatic rings. The van der Waals surface area contributed by atoms with E-state index in [0.717, 1.165) is 30.3 Å². The number of benzene rings is 1. The predicted molar refractivity (Wildman–Crippen MR) is 86.8 cm³/mol. The molecule has 0 bridgehead atoms. The maximum atomic E-state index is 4.40. The topological polar surface area (TPSA) is 29.9 Å². The third kappa shape index (κ3) is 4.46. The first kappa shape index (κ1) is 15.3. The SMILES string of the molecule is CNCC(CCc1nccn1C)Cc1ccc(Br)cc1. The van der Waals surface area contributed by atoms with Crippen LogP contribution in [0.4, 0.5) is 0 Å². The molecule has 0 saturated carbocycles. The van der Waals surface area contributed by atoms with Crippen LogP contribution in [0.1, 0.15) is 17.8 Å². The third-order valence-electron chi connectivity index (χ3n) is 3.63. The minimum absolute atomic E-state index is 0.637. The highest BCUT2D eigenvalue weighted by Crippen LogP contribution is 2.17. The van der Waals surface area contributed by atoms with Gasteiger partial charge >= 0.3 is 0 Å². The van der Waals surface area contributed by atoms with Gasteiger partial charge in [0.2, 0.25) is 0 Å². The van der Waals surface area contributed by atoms with Crippen LogP contribution in [0.15, 0.2) is 41.1 Å². The zero-order valence-corrected chi connectivity index (χ0v) is 13.7. The Bertz CT molecular complexity index is 519. The van der Waals surface area contributed by atoms with E-state index in [9.17, 15) is 0 Å². The zero-order chi connectivity index (χ0) is 14.4. The molecule has 2 aromatic rings. The Morgan fingerprint density at radius 1 is 1.30 bits per heavy atom. The summed E-state index contributed by atoms with van der Waals surface area (Å²) in [6.45, 7) is 1.04. The summed E-state index contributed by atoms with van der Waals surface area (Å²) in [5.74, 6) is 1.81. The highest BCUT2D eigenvalue weighted by molar-refractivity contribution is 9.10. The molecule has 0 aliphatic carbocycles. The average Bonchev–Trinajstić information content (AvgIpc) is 2.84. The van der Waals surface area contributed by atoms with Crippen LogP contribution < -0.4 is 5.32 Å². The second-order valence-electron chi connectivity index (χ2n) is 5.25. The fraction of sp³-hybridized carbons (Fsp3) is 0.438. The van der Waals surface area contributed by atoms with Crippen molar-refractivity contribution in [1.82, 2.24) is 14.9 Å². The molecule has 4 heteroatoms. The Labute approximate surface area is 129 Å². The maximum absolute atomic E-state index is 4.40. The van der Waals surface area contributed by atoms with Crippen LogP contribution in [0.5, 0.6) is 0 Å². The summed E-state index contributed by atoms with van der Waals surface area (Å²) in [6.07, 6.45) is 7.18. The van der Waals surface area contributed by atoms with Crippen molar-refractivity contribution in [3.63, 3.8) is 0 Å². The van der Waals surface area contributed by atoms with Gasteiger partial charge in [-0.1, -0.05) is 28.1 Å². The van der Waals surface area contributed by atoms with Crippen LogP contribution >= 0.6 is 15.9 Å². The van der Waals surface area contributed by atoms with Gasteiger partial charge in [0.1, 0.15) is 5.82 Å². The smallest absolute Gasteiger partial charge is 0.108 e. The molecule has 0 aliphatic heterocycles. The van der Waals surface area contributed by atoms with Gasteiger partial charge in [0, 0.05) is 30.3 Å². The number of aromatic nitrogens is 2. The zero-order valence-electron chi connectivity index (χ0n) is 12.1. The molecule has 0 radical (unpaired) electrons. The summed E-state index contributed by atoms with van der Waals surface area (Å²) in [5.41, 5.74) is 1.40. The molecule has 2 rings (SSSR count). The highest BCUT2D eigenvalue weighted by atomic mass is 79.9. The number of aryl methyl sites for hydroxylation is 2. The summed E-state index contributed by atoms with van der Waals surface area (Å²) >= 11 is 3.48. The Hall–Kier alpha value is -1.13. The lowest BCUT2D eigenvalue weighted by Crippen LogP contribution is -2.21. The molecule has 1 aromatic heterocycles. The van der Waals surface area contributed by atoms with Gasteiger partial charge in [-0.2, -0.15) is 0 Å². The summed E-state index contributed by atoms with van der Waals surface area (Å²) in [4.78, 5) is 4.40. The third-order valence-corrected chi connectivity index (χ3v) is 4.16. The first-order valence-electron chi connectivity index (χ1n) is 7.04. The molecule has 3 nitrogen and oxygen atoms in total. The summed E-state index contributed by atoms with van der Waals surface area (Å²) in [5, 5.41) is 3.31. The van der Waals surface area contributed by atoms with E-state index in [1.54, 1.807) is 0 Å². The van der Waals surface area contributed by atoms with Crippen LogP contribution in [0.25, 0.3) is 0 Å². The van der Waals surface area contributed by atoms with Crippen LogP contribution in [0.3, 0.4) is 0 Å². The molecule has 1 N–H and O–H groups in total. The van der Waals surface area contributed by atoms with Crippen molar-refractivity contribution in [1.29, 1.82) is 0 Å². The van der Waals surface area contributed by atoms with Gasteiger partial charge in [0.05, 0.1) is 0 Å². The number of hydrogen-bond donors (Lipinski definition) is 1. The minimum Gasteiger partial charge on any atom is -0.338 e. The molecule has 1 unspecified atom stereocenters. The van der Waals surface area contributed by atoms with Gasteiger partial charge in [-0.15, -0.1) is 0 Å². The number of nitrogens with one attached hydrogen (secondary N) is 1. The van der Waals surface area contributed by atoms with Crippen molar-refractivity contribution >= 4 is 15.9 Å². The summed E-state index contributed by atoms with van der Waals surface area (Å²) < 4.78 is 3.25. The van der Waals surface area contributed by atoms with Gasteiger partial charge < -0.3 is 9.88 Å². The first-order chi connectivity index (χ1) is 9.69. The van der Waals surface area contributed by atoms with Crippen molar-refractivity contribution in [2.24, 2.45) is 13.0 Å². The normalized spacial score (nSPS) is 12.6. The van der Waals surface area contributed by atoms with E-state index in [1.807, 2.05) is 19.4 Å². The van der Waals surface area contributed by atoms with E-state index in [-0.39, 0.29) is 0 Å². The number of nitrogens with zero attached hydrogens (tertiary/aromatic N) is 2. The lowest BCUT2D eigenvalue weighted by Gasteiger charge is -2.16. The van der Waals surface area contributed by atoms with Crippen LogP contribution in [0.2, 0.25) is 0 Å². The minimum atomic E-state index is 0.637. The molecule has 1 aromatic carbocycles. The van der Waals surface area contributed by atoms with Gasteiger partial charge in [0.15, 0.2) is 0 Å². The van der Waals surface area contributed by atoms with E-state index >= 15 is 0 Å². The lowest BCUT2D eigenvalue weighted by molar-refractivity contribution is 0.454. The first-order valence-corrected chi connectivity index (χ1v) is 7.83. The summed E-state index contributed by atoms with van der Waals surface area (Å²) in [7, 11) is 4.08. The molecule has 1 atom stereocenters. The highest BCUT2D eigenvalue weighted by Gasteiger charge is 2.11. The van der Waals surface area contributed by atoms with Crippen LogP contribution in [-0.2, 0) is 19.9 Å². The van der Waals surface area contributed by atoms with Gasteiger partial charge in [0.25, 0.3) is 0 Å². The second-order valence-corrected chi connectivity index (χ2v) is 6.16. The molecule has 0 fully saturated rings. The van der Waals surface area contributed by atoms with Crippen molar-refractivity contribution in [3.8, 4) is 0 Å². The van der Waals surface area contributed by atoms with Gasteiger partial charge in [-0.25, -0.2) is 4.98 Å². The van der Waals surface area contributed by atoms with E-state index in [2.05, 4.69) is 62.1 Å². The maximum Gasteiger partial charge on any atom is 0.108 e. The van der Waals surface area contributed by atoms with E-state index in [4.69, 9.17) is 0 Å². The molecule has 0 saturated heterocycles. The van der Waals surface area contributed by atoms with Crippen molar-refractivity contribution in [2.75, 3.05) is 13.6 Å². The van der Waals surface area contributed by atoms with Gasteiger partial charge in [-0.3, -0.25) is 0 Å². The molecule has 0 spiro atoms. The number of rotatable bonds is 7. The lowest BCUT2D eigenvalue weighted by atomic mass is 9.94. The molecular formula is C16H22BrN3. The van der Waals surface area contributed by atoms with E-state index in [1.165, 1.54) is 11.4 Å². The number of imidazole rings is 1. The Morgan fingerprint density at radius 2 is 2.05 bits per heavy atom. The summed E-state index contributed by atoms with van der Waals surface area (Å²) in [6, 6.07) is 8.63. The average molecular weight is 336 g/mol. The molecule has 20 heavy (non-hydrogen) atoms. The number of hydrogen-bond acceptors (Lipinski definition) is 2. The molecule has 108 valence electrons. The Balaban J connectivity index is 1.93. The van der Waals surface area contributed by atoms with Gasteiger partial charge in [-0.05, 0) is 50.0 Å². The van der Waals surface area contributed by atoms with E-state index < -0.39 is 0 Å². The predicted octanol–water partition coefficient (Wildman–Crippen LogP) is 3.19. The Kier molecular flexibility index (Phi) is 5.80. The standard InChI is InChI=1S/C16H22BrN3/c1-18-12-14(5-8-16-19-9-10-20(16)2)11-13-3-6-15(17)7-4-13/h3-4,6-7,9-10,14,18H,5,8,11-12H2,1-2H3. The monoisotopic (exact) mass is 335 g/mol. The molecule has 1 heterocycles. The second kappa shape index (κ2) is 7.60.